The molecule has 0 N–H and O–H groups in total. The van der Waals surface area contributed by atoms with E-state index in [2.05, 4.69) is 0 Å². The minimum Gasteiger partial charge on any atom is -0.493 e. The summed E-state index contributed by atoms with van der Waals surface area (Å²) in [7, 11) is 0. The average molecular weight is 304 g/mol. The van der Waals surface area contributed by atoms with Gasteiger partial charge in [0.2, 0.25) is 0 Å². The Hall–Kier alpha value is -2.17. The van der Waals surface area contributed by atoms with Crippen LogP contribution in [0.15, 0.2) is 18.2 Å². The Morgan fingerprint density at radius 1 is 1.36 bits per heavy atom. The molecule has 22 heavy (non-hydrogen) atoms. The third kappa shape index (κ3) is 3.18. The summed E-state index contributed by atoms with van der Waals surface area (Å²) in [5.41, 5.74) is 1.35. The summed E-state index contributed by atoms with van der Waals surface area (Å²) < 4.78 is 10.3. The van der Waals surface area contributed by atoms with Crippen LogP contribution in [0, 0.1) is 5.92 Å². The van der Waals surface area contributed by atoms with Gasteiger partial charge in [0, 0.05) is 0 Å². The molecule has 118 valence electrons. The van der Waals surface area contributed by atoms with Gasteiger partial charge in [0.15, 0.2) is 5.78 Å². The zero-order chi connectivity index (χ0) is 16.3. The van der Waals surface area contributed by atoms with E-state index in [1.165, 1.54) is 0 Å². The van der Waals surface area contributed by atoms with Crippen LogP contribution in [0.4, 0.5) is 0 Å². The van der Waals surface area contributed by atoms with Crippen LogP contribution in [-0.4, -0.2) is 30.7 Å². The van der Waals surface area contributed by atoms with Crippen LogP contribution in [0.3, 0.4) is 0 Å². The molecule has 0 aromatic heterocycles. The number of carbonyl (C=O) groups excluding carboxylic acids is 3. The van der Waals surface area contributed by atoms with Gasteiger partial charge in [-0.3, -0.25) is 9.59 Å². The molecule has 0 amide bonds. The normalized spacial score (nSPS) is 17.5. The first-order valence-corrected chi connectivity index (χ1v) is 7.47. The summed E-state index contributed by atoms with van der Waals surface area (Å²) in [6.45, 7) is 5.98. The van der Waals surface area contributed by atoms with E-state index < -0.39 is 17.7 Å². The Balaban J connectivity index is 2.34. The summed E-state index contributed by atoms with van der Waals surface area (Å²) in [5.74, 6) is -2.42. The smallest absolute Gasteiger partial charge is 0.375 e. The van der Waals surface area contributed by atoms with Crippen molar-refractivity contribution >= 4 is 17.5 Å². The topological polar surface area (TPSA) is 69.7 Å². The molecule has 5 nitrogen and oxygen atoms in total. The molecular formula is C17H20O5. The van der Waals surface area contributed by atoms with Crippen LogP contribution in [-0.2, 0) is 14.3 Å². The van der Waals surface area contributed by atoms with Crippen LogP contribution in [0.2, 0.25) is 0 Å². The number of ether oxygens (including phenoxy) is 2. The van der Waals surface area contributed by atoms with Crippen LogP contribution in [0.25, 0.3) is 0 Å². The zero-order valence-corrected chi connectivity index (χ0v) is 13.0. The standard InChI is InChI=1S/C17H20O5/c1-4-21-17(20)16(19)12-7-8-22-14-6-5-11(10(2)3)9-13(14)15(12)18/h5-6,9-10,12H,4,7-8H2,1-3H3. The minimum absolute atomic E-state index is 0.107. The highest BCUT2D eigenvalue weighted by atomic mass is 16.5. The number of esters is 1. The van der Waals surface area contributed by atoms with E-state index in [0.717, 1.165) is 5.56 Å². The lowest BCUT2D eigenvalue weighted by Crippen LogP contribution is -2.31. The molecular weight excluding hydrogens is 284 g/mol. The predicted octanol–water partition coefficient (Wildman–Crippen LogP) is 2.52. The number of rotatable bonds is 4. The molecule has 1 aliphatic rings. The largest absolute Gasteiger partial charge is 0.493 e. The van der Waals surface area contributed by atoms with Gasteiger partial charge < -0.3 is 9.47 Å². The van der Waals surface area contributed by atoms with Crippen LogP contribution < -0.4 is 4.74 Å². The van der Waals surface area contributed by atoms with Crippen LogP contribution in [0.5, 0.6) is 5.75 Å². The van der Waals surface area contributed by atoms with Crippen molar-refractivity contribution < 1.29 is 23.9 Å². The van der Waals surface area contributed by atoms with E-state index in [9.17, 15) is 14.4 Å². The third-order valence-corrected chi connectivity index (χ3v) is 3.71. The Morgan fingerprint density at radius 3 is 2.73 bits per heavy atom. The minimum atomic E-state index is -1.03. The quantitative estimate of drug-likeness (QED) is 0.485. The van der Waals surface area contributed by atoms with Crippen molar-refractivity contribution in [3.05, 3.63) is 29.3 Å². The first-order chi connectivity index (χ1) is 10.5. The number of fused-ring (bicyclic) bond motifs is 1. The van der Waals surface area contributed by atoms with Crippen molar-refractivity contribution in [3.8, 4) is 5.75 Å². The second-order valence-electron chi connectivity index (χ2n) is 5.55. The van der Waals surface area contributed by atoms with Crippen LogP contribution >= 0.6 is 0 Å². The maximum absolute atomic E-state index is 12.7. The SMILES string of the molecule is CCOC(=O)C(=O)C1CCOc2ccc(C(C)C)cc2C1=O. The molecule has 1 atom stereocenters. The van der Waals surface area contributed by atoms with E-state index in [1.807, 2.05) is 19.9 Å². The Bertz CT molecular complexity index is 603. The maximum atomic E-state index is 12.7. The molecule has 1 aliphatic heterocycles. The third-order valence-electron chi connectivity index (χ3n) is 3.71. The second-order valence-corrected chi connectivity index (χ2v) is 5.55. The molecule has 0 fully saturated rings. The van der Waals surface area contributed by atoms with E-state index in [4.69, 9.17) is 9.47 Å². The molecule has 1 aromatic rings. The van der Waals surface area contributed by atoms with E-state index in [0.29, 0.717) is 11.3 Å². The van der Waals surface area contributed by atoms with Crippen molar-refractivity contribution in [1.82, 2.24) is 0 Å². The highest BCUT2D eigenvalue weighted by molar-refractivity contribution is 6.39. The van der Waals surface area contributed by atoms with Gasteiger partial charge in [0.25, 0.3) is 5.78 Å². The van der Waals surface area contributed by atoms with E-state index in [-0.39, 0.29) is 31.3 Å². The monoisotopic (exact) mass is 304 g/mol. The fourth-order valence-corrected chi connectivity index (χ4v) is 2.43. The lowest BCUT2D eigenvalue weighted by Gasteiger charge is -2.12. The van der Waals surface area contributed by atoms with Gasteiger partial charge in [-0.1, -0.05) is 19.9 Å². The molecule has 0 saturated heterocycles. The fourth-order valence-electron chi connectivity index (χ4n) is 2.43. The van der Waals surface area contributed by atoms with Crippen LogP contribution in [0.1, 0.15) is 49.0 Å². The first-order valence-electron chi connectivity index (χ1n) is 7.47. The van der Waals surface area contributed by atoms with Crippen molar-refractivity contribution in [3.63, 3.8) is 0 Å². The molecule has 2 rings (SSSR count). The molecule has 5 heteroatoms. The van der Waals surface area contributed by atoms with Gasteiger partial charge in [-0.25, -0.2) is 4.79 Å². The van der Waals surface area contributed by atoms with Crippen molar-refractivity contribution in [1.29, 1.82) is 0 Å². The second kappa shape index (κ2) is 6.73. The molecule has 0 aliphatic carbocycles. The number of hydrogen-bond acceptors (Lipinski definition) is 5. The maximum Gasteiger partial charge on any atom is 0.375 e. The molecule has 0 radical (unpaired) electrons. The number of Topliss-reactive ketones (excluding diaryl/α,β-unsaturated/α-hetero) is 2. The van der Waals surface area contributed by atoms with Gasteiger partial charge in [0.1, 0.15) is 5.75 Å². The number of benzene rings is 1. The molecule has 1 aromatic carbocycles. The lowest BCUT2D eigenvalue weighted by molar-refractivity contribution is -0.154. The first kappa shape index (κ1) is 16.2. The number of ketones is 2. The summed E-state index contributed by atoms with van der Waals surface area (Å²) >= 11 is 0. The van der Waals surface area contributed by atoms with Gasteiger partial charge in [0.05, 0.1) is 24.7 Å². The fraction of sp³-hybridized carbons (Fsp3) is 0.471. The number of hydrogen-bond donors (Lipinski definition) is 0. The molecule has 0 spiro atoms. The van der Waals surface area contributed by atoms with E-state index in [1.54, 1.807) is 19.1 Å². The summed E-state index contributed by atoms with van der Waals surface area (Å²) in [6.07, 6.45) is 0.183. The molecule has 0 bridgehead atoms. The zero-order valence-electron chi connectivity index (χ0n) is 13.0. The summed E-state index contributed by atoms with van der Waals surface area (Å²) in [6, 6.07) is 5.41. The summed E-state index contributed by atoms with van der Waals surface area (Å²) in [4.78, 5) is 36.4. The highest BCUT2D eigenvalue weighted by Crippen LogP contribution is 2.30. The van der Waals surface area contributed by atoms with Gasteiger partial charge >= 0.3 is 5.97 Å². The number of carbonyl (C=O) groups is 3. The van der Waals surface area contributed by atoms with E-state index >= 15 is 0 Å². The Morgan fingerprint density at radius 2 is 2.09 bits per heavy atom. The Labute approximate surface area is 129 Å². The highest BCUT2D eigenvalue weighted by Gasteiger charge is 2.36. The molecule has 0 saturated carbocycles. The predicted molar refractivity (Wildman–Crippen MR) is 80.1 cm³/mol. The van der Waals surface area contributed by atoms with Crippen molar-refractivity contribution in [2.24, 2.45) is 5.92 Å². The van der Waals surface area contributed by atoms with Gasteiger partial charge in [-0.05, 0) is 37.0 Å². The van der Waals surface area contributed by atoms with Gasteiger partial charge in [-0.2, -0.15) is 0 Å². The van der Waals surface area contributed by atoms with Crippen molar-refractivity contribution in [2.75, 3.05) is 13.2 Å². The van der Waals surface area contributed by atoms with Crippen molar-refractivity contribution in [2.45, 2.75) is 33.1 Å². The molecule has 1 unspecified atom stereocenters. The average Bonchev–Trinajstić information content (AvgIpc) is 2.65. The Kier molecular flexibility index (Phi) is 4.96. The summed E-state index contributed by atoms with van der Waals surface area (Å²) in [5, 5.41) is 0. The molecule has 1 heterocycles. The van der Waals surface area contributed by atoms with Gasteiger partial charge in [-0.15, -0.1) is 0 Å². The lowest BCUT2D eigenvalue weighted by atomic mass is 9.89.